The third-order valence-electron chi connectivity index (χ3n) is 4.15. The van der Waals surface area contributed by atoms with Gasteiger partial charge in [-0.15, -0.1) is 0 Å². The van der Waals surface area contributed by atoms with E-state index in [0.717, 1.165) is 12.8 Å². The quantitative estimate of drug-likeness (QED) is 0.273. The summed E-state index contributed by atoms with van der Waals surface area (Å²) in [5.41, 5.74) is 2.86. The van der Waals surface area contributed by atoms with Gasteiger partial charge in [0.05, 0.1) is 0 Å². The molecule has 0 heterocycles. The lowest BCUT2D eigenvalue weighted by atomic mass is 10.2. The van der Waals surface area contributed by atoms with Crippen LogP contribution in [0.3, 0.4) is 0 Å². The first-order chi connectivity index (χ1) is 11.1. The number of alkyl halides is 1. The maximum absolute atomic E-state index is 6.56. The third kappa shape index (κ3) is 6.40. The van der Waals surface area contributed by atoms with E-state index in [0.29, 0.717) is 6.10 Å². The molecule has 0 atom stereocenters. The lowest BCUT2D eigenvalue weighted by Gasteiger charge is -2.32. The molecule has 0 radical (unpaired) electrons. The first-order valence-corrected chi connectivity index (χ1v) is 12.5. The van der Waals surface area contributed by atoms with Crippen LogP contribution in [0.4, 0.5) is 0 Å². The van der Waals surface area contributed by atoms with E-state index in [-0.39, 0.29) is 0 Å². The second kappa shape index (κ2) is 9.60. The number of aryl methyl sites for hydroxylation is 2. The highest BCUT2D eigenvalue weighted by atomic mass is 127. The Labute approximate surface area is 155 Å². The number of rotatable bonds is 9. The minimum atomic E-state index is -1.71. The first-order valence-electron chi connectivity index (χ1n) is 8.45. The lowest BCUT2D eigenvalue weighted by molar-refractivity contribution is 0.227. The predicted octanol–water partition coefficient (Wildman–Crippen LogP) is 5.82. The van der Waals surface area contributed by atoms with Gasteiger partial charge in [0.15, 0.2) is 0 Å². The summed E-state index contributed by atoms with van der Waals surface area (Å²) in [4.78, 5) is 0. The summed E-state index contributed by atoms with van der Waals surface area (Å²) >= 11 is 2.56. The van der Waals surface area contributed by atoms with Crippen molar-refractivity contribution in [2.45, 2.75) is 44.9 Å². The van der Waals surface area contributed by atoms with E-state index in [1.165, 1.54) is 27.3 Å². The molecule has 3 heteroatoms. The van der Waals surface area contributed by atoms with Crippen molar-refractivity contribution >= 4 is 30.9 Å². The van der Waals surface area contributed by atoms with Gasteiger partial charge in [-0.1, -0.05) is 83.3 Å². The van der Waals surface area contributed by atoms with Crippen molar-refractivity contribution in [3.05, 3.63) is 71.8 Å². The molecule has 2 rings (SSSR count). The first kappa shape index (κ1) is 18.7. The molecule has 0 spiro atoms. The largest absolute Gasteiger partial charge is 0.414 e. The SMILES string of the molecule is CC(C)O[Si](CI)(CCc1ccccc1)CCc1ccccc1. The third-order valence-corrected chi connectivity index (χ3v) is 12.1. The van der Waals surface area contributed by atoms with E-state index in [4.69, 9.17) is 4.43 Å². The van der Waals surface area contributed by atoms with Crippen LogP contribution in [-0.2, 0) is 17.3 Å². The summed E-state index contributed by atoms with van der Waals surface area (Å²) < 4.78 is 7.73. The fourth-order valence-corrected chi connectivity index (χ4v) is 9.07. The van der Waals surface area contributed by atoms with Crippen LogP contribution in [0.15, 0.2) is 60.7 Å². The van der Waals surface area contributed by atoms with Gasteiger partial charge in [0.2, 0.25) is 8.32 Å². The second-order valence-corrected chi connectivity index (χ2v) is 12.6. The van der Waals surface area contributed by atoms with E-state index in [9.17, 15) is 0 Å². The summed E-state index contributed by atoms with van der Waals surface area (Å²) in [5.74, 6) is 0. The molecule has 2 aromatic rings. The predicted molar refractivity (Wildman–Crippen MR) is 111 cm³/mol. The molecule has 1 nitrogen and oxygen atoms in total. The normalized spacial score (nSPS) is 11.8. The maximum atomic E-state index is 6.56. The minimum Gasteiger partial charge on any atom is -0.414 e. The fourth-order valence-electron chi connectivity index (χ4n) is 2.94. The number of benzene rings is 2. The molecular formula is C20H27IOSi. The fraction of sp³-hybridized carbons (Fsp3) is 0.400. The highest BCUT2D eigenvalue weighted by Gasteiger charge is 2.34. The molecule has 0 aliphatic carbocycles. The van der Waals surface area contributed by atoms with Crippen molar-refractivity contribution < 1.29 is 4.43 Å². The van der Waals surface area contributed by atoms with Crippen molar-refractivity contribution in [1.29, 1.82) is 0 Å². The van der Waals surface area contributed by atoms with Gasteiger partial charge in [0, 0.05) is 10.2 Å². The van der Waals surface area contributed by atoms with Crippen LogP contribution in [-0.4, -0.2) is 18.5 Å². The van der Waals surface area contributed by atoms with Gasteiger partial charge < -0.3 is 4.43 Å². The average Bonchev–Trinajstić information content (AvgIpc) is 2.59. The highest BCUT2D eigenvalue weighted by molar-refractivity contribution is 14.1. The van der Waals surface area contributed by atoms with Gasteiger partial charge in [-0.2, -0.15) is 0 Å². The van der Waals surface area contributed by atoms with E-state index in [2.05, 4.69) is 97.1 Å². The number of hydrogen-bond acceptors (Lipinski definition) is 1. The maximum Gasteiger partial charge on any atom is 0.203 e. The zero-order chi connectivity index (χ0) is 16.5. The lowest BCUT2D eigenvalue weighted by Crippen LogP contribution is -2.44. The van der Waals surface area contributed by atoms with E-state index >= 15 is 0 Å². The van der Waals surface area contributed by atoms with Crippen LogP contribution in [0.2, 0.25) is 12.1 Å². The summed E-state index contributed by atoms with van der Waals surface area (Å²) in [7, 11) is -1.71. The molecule has 0 aliphatic heterocycles. The van der Waals surface area contributed by atoms with Crippen LogP contribution in [0, 0.1) is 0 Å². The van der Waals surface area contributed by atoms with E-state index in [1.807, 2.05) is 0 Å². The zero-order valence-corrected chi connectivity index (χ0v) is 17.3. The zero-order valence-electron chi connectivity index (χ0n) is 14.2. The molecule has 0 fully saturated rings. The Balaban J connectivity index is 2.04. The van der Waals surface area contributed by atoms with Crippen molar-refractivity contribution in [1.82, 2.24) is 0 Å². The smallest absolute Gasteiger partial charge is 0.203 e. The van der Waals surface area contributed by atoms with Gasteiger partial charge in [0.25, 0.3) is 0 Å². The Morgan fingerprint density at radius 1 is 0.826 bits per heavy atom. The molecule has 0 saturated heterocycles. The topological polar surface area (TPSA) is 9.23 Å². The van der Waals surface area contributed by atoms with Crippen LogP contribution in [0.25, 0.3) is 0 Å². The molecule has 2 aromatic carbocycles. The van der Waals surface area contributed by atoms with Crippen molar-refractivity contribution in [3.63, 3.8) is 0 Å². The van der Waals surface area contributed by atoms with Gasteiger partial charge in [-0.25, -0.2) is 0 Å². The summed E-state index contributed by atoms with van der Waals surface area (Å²) in [5, 5.41) is 0. The van der Waals surface area contributed by atoms with Crippen LogP contribution < -0.4 is 0 Å². The molecule has 0 amide bonds. The number of halogens is 1. The van der Waals surface area contributed by atoms with E-state index < -0.39 is 8.32 Å². The monoisotopic (exact) mass is 438 g/mol. The Morgan fingerprint density at radius 3 is 1.61 bits per heavy atom. The van der Waals surface area contributed by atoms with E-state index in [1.54, 1.807) is 0 Å². The molecule has 0 N–H and O–H groups in total. The van der Waals surface area contributed by atoms with Gasteiger partial charge >= 0.3 is 0 Å². The second-order valence-electron chi connectivity index (χ2n) is 6.45. The number of hydrogen-bond donors (Lipinski definition) is 0. The Hall–Kier alpha value is -0.653. The van der Waals surface area contributed by atoms with Crippen molar-refractivity contribution in [2.75, 3.05) is 4.05 Å². The minimum absolute atomic E-state index is 0.322. The van der Waals surface area contributed by atoms with Gasteiger partial charge in [-0.3, -0.25) is 0 Å². The van der Waals surface area contributed by atoms with Gasteiger partial charge in [-0.05, 0) is 49.9 Å². The molecule has 0 unspecified atom stereocenters. The standard InChI is InChI=1S/C20H27IOSi/c1-18(2)22-23(17-21,15-13-19-9-5-3-6-10-19)16-14-20-11-7-4-8-12-20/h3-12,18H,13-17H2,1-2H3. The Morgan fingerprint density at radius 2 is 1.26 bits per heavy atom. The average molecular weight is 438 g/mol. The molecular weight excluding hydrogens is 411 g/mol. The van der Waals surface area contributed by atoms with Crippen molar-refractivity contribution in [2.24, 2.45) is 0 Å². The molecule has 0 aliphatic rings. The molecule has 0 saturated carbocycles. The van der Waals surface area contributed by atoms with Crippen LogP contribution >= 0.6 is 22.6 Å². The highest BCUT2D eigenvalue weighted by Crippen LogP contribution is 2.26. The van der Waals surface area contributed by atoms with Crippen LogP contribution in [0.1, 0.15) is 25.0 Å². The molecule has 0 aromatic heterocycles. The summed E-state index contributed by atoms with van der Waals surface area (Å²) in [6, 6.07) is 24.1. The Kier molecular flexibility index (Phi) is 7.79. The van der Waals surface area contributed by atoms with Crippen molar-refractivity contribution in [3.8, 4) is 0 Å². The van der Waals surface area contributed by atoms with Gasteiger partial charge in [0.1, 0.15) is 0 Å². The molecule has 0 bridgehead atoms. The summed E-state index contributed by atoms with van der Waals surface area (Å²) in [6.07, 6.45) is 2.60. The summed E-state index contributed by atoms with van der Waals surface area (Å²) in [6.45, 7) is 4.36. The Bertz CT molecular complexity index is 513. The molecule has 23 heavy (non-hydrogen) atoms. The molecule has 124 valence electrons. The van der Waals surface area contributed by atoms with Crippen LogP contribution in [0.5, 0.6) is 0 Å².